The van der Waals surface area contributed by atoms with Gasteiger partial charge in [0.05, 0.1) is 18.2 Å². The van der Waals surface area contributed by atoms with E-state index < -0.39 is 0 Å². The number of rotatable bonds is 4. The van der Waals surface area contributed by atoms with Crippen LogP contribution < -0.4 is 5.32 Å². The third-order valence-electron chi connectivity index (χ3n) is 2.76. The molecule has 3 nitrogen and oxygen atoms in total. The van der Waals surface area contributed by atoms with Gasteiger partial charge in [-0.2, -0.15) is 5.26 Å². The summed E-state index contributed by atoms with van der Waals surface area (Å²) in [5, 5.41) is 21.2. The highest BCUT2D eigenvalue weighted by Crippen LogP contribution is 2.24. The second kappa shape index (κ2) is 6.37. The minimum Gasteiger partial charge on any atom is -0.392 e. The topological polar surface area (TPSA) is 56.0 Å². The number of aliphatic hydroxyl groups excluding tert-OH is 1. The van der Waals surface area contributed by atoms with Crippen molar-refractivity contribution in [3.63, 3.8) is 0 Å². The van der Waals surface area contributed by atoms with Gasteiger partial charge < -0.3 is 10.4 Å². The van der Waals surface area contributed by atoms with Crippen LogP contribution in [-0.4, -0.2) is 5.11 Å². The summed E-state index contributed by atoms with van der Waals surface area (Å²) in [6.07, 6.45) is 0. The summed E-state index contributed by atoms with van der Waals surface area (Å²) in [7, 11) is 0. The van der Waals surface area contributed by atoms with Crippen LogP contribution in [0.2, 0.25) is 0 Å². The number of hydrogen-bond donors (Lipinski definition) is 2. The van der Waals surface area contributed by atoms with E-state index in [9.17, 15) is 0 Å². The number of benzene rings is 2. The number of hydrogen-bond acceptors (Lipinski definition) is 3. The van der Waals surface area contributed by atoms with Gasteiger partial charge in [-0.3, -0.25) is 0 Å². The smallest absolute Gasteiger partial charge is 0.0992 e. The molecule has 19 heavy (non-hydrogen) atoms. The van der Waals surface area contributed by atoms with Crippen molar-refractivity contribution in [1.82, 2.24) is 0 Å². The fourth-order valence-corrected chi connectivity index (χ4v) is 2.28. The SMILES string of the molecule is N#Cc1ccc(NCc2cccc(CO)c2)c(Br)c1. The lowest BCUT2D eigenvalue weighted by molar-refractivity contribution is 0.281. The van der Waals surface area contributed by atoms with Crippen molar-refractivity contribution in [2.75, 3.05) is 5.32 Å². The summed E-state index contributed by atoms with van der Waals surface area (Å²) in [6.45, 7) is 0.715. The molecule has 0 heterocycles. The monoisotopic (exact) mass is 316 g/mol. The predicted molar refractivity (Wildman–Crippen MR) is 78.5 cm³/mol. The number of nitrogens with one attached hydrogen (secondary N) is 1. The van der Waals surface area contributed by atoms with E-state index >= 15 is 0 Å². The number of halogens is 1. The van der Waals surface area contributed by atoms with Crippen LogP contribution in [0.1, 0.15) is 16.7 Å². The normalized spacial score (nSPS) is 9.95. The summed E-state index contributed by atoms with van der Waals surface area (Å²) in [5.41, 5.74) is 3.56. The number of nitrogens with zero attached hydrogens (tertiary/aromatic N) is 1. The fourth-order valence-electron chi connectivity index (χ4n) is 1.76. The molecule has 0 aliphatic carbocycles. The molecule has 0 spiro atoms. The Morgan fingerprint density at radius 3 is 2.63 bits per heavy atom. The molecule has 0 unspecified atom stereocenters. The van der Waals surface area contributed by atoms with Crippen LogP contribution >= 0.6 is 15.9 Å². The molecule has 0 atom stereocenters. The Hall–Kier alpha value is -1.83. The van der Waals surface area contributed by atoms with E-state index in [1.54, 1.807) is 12.1 Å². The van der Waals surface area contributed by atoms with Crippen molar-refractivity contribution in [2.24, 2.45) is 0 Å². The Kier molecular flexibility index (Phi) is 4.56. The molecule has 0 amide bonds. The maximum atomic E-state index is 9.09. The molecule has 0 aliphatic rings. The lowest BCUT2D eigenvalue weighted by atomic mass is 10.1. The van der Waals surface area contributed by atoms with Crippen molar-refractivity contribution < 1.29 is 5.11 Å². The fraction of sp³-hybridized carbons (Fsp3) is 0.133. The van der Waals surface area contributed by atoms with Gasteiger partial charge in [0.15, 0.2) is 0 Å². The van der Waals surface area contributed by atoms with Crippen molar-refractivity contribution >= 4 is 21.6 Å². The van der Waals surface area contributed by atoms with Gasteiger partial charge in [-0.05, 0) is 45.3 Å². The molecule has 2 aromatic carbocycles. The zero-order chi connectivity index (χ0) is 13.7. The third kappa shape index (κ3) is 3.57. The number of anilines is 1. The standard InChI is InChI=1S/C15H13BrN2O/c16-14-7-11(8-17)4-5-15(14)18-9-12-2-1-3-13(6-12)10-19/h1-7,18-19H,9-10H2. The molecule has 0 fully saturated rings. The highest BCUT2D eigenvalue weighted by Gasteiger charge is 2.01. The van der Waals surface area contributed by atoms with E-state index in [2.05, 4.69) is 27.3 Å². The largest absolute Gasteiger partial charge is 0.392 e. The first-order valence-electron chi connectivity index (χ1n) is 5.85. The van der Waals surface area contributed by atoms with E-state index in [0.717, 1.165) is 21.3 Å². The second-order valence-corrected chi connectivity index (χ2v) is 4.99. The van der Waals surface area contributed by atoms with Crippen LogP contribution in [0.5, 0.6) is 0 Å². The van der Waals surface area contributed by atoms with Crippen LogP contribution in [0.25, 0.3) is 0 Å². The Labute approximate surface area is 120 Å². The highest BCUT2D eigenvalue weighted by molar-refractivity contribution is 9.10. The number of aliphatic hydroxyl groups is 1. The first-order valence-corrected chi connectivity index (χ1v) is 6.64. The Morgan fingerprint density at radius 2 is 1.95 bits per heavy atom. The van der Waals surface area contributed by atoms with Gasteiger partial charge in [0.2, 0.25) is 0 Å². The van der Waals surface area contributed by atoms with Crippen molar-refractivity contribution in [3.8, 4) is 6.07 Å². The van der Waals surface area contributed by atoms with Gasteiger partial charge in [0.25, 0.3) is 0 Å². The van der Waals surface area contributed by atoms with Crippen molar-refractivity contribution in [2.45, 2.75) is 13.2 Å². The van der Waals surface area contributed by atoms with Crippen LogP contribution in [0, 0.1) is 11.3 Å². The molecule has 0 aromatic heterocycles. The lowest BCUT2D eigenvalue weighted by Crippen LogP contribution is -2.01. The molecule has 0 radical (unpaired) electrons. The van der Waals surface area contributed by atoms with Gasteiger partial charge in [-0.1, -0.05) is 24.3 Å². The van der Waals surface area contributed by atoms with Gasteiger partial charge in [0.1, 0.15) is 0 Å². The van der Waals surface area contributed by atoms with Crippen LogP contribution in [0.3, 0.4) is 0 Å². The van der Waals surface area contributed by atoms with E-state index in [1.165, 1.54) is 0 Å². The zero-order valence-corrected chi connectivity index (χ0v) is 11.8. The molecule has 0 aliphatic heterocycles. The molecule has 4 heteroatoms. The van der Waals surface area contributed by atoms with Crippen LogP contribution in [0.15, 0.2) is 46.9 Å². The molecule has 96 valence electrons. The van der Waals surface area contributed by atoms with Gasteiger partial charge >= 0.3 is 0 Å². The van der Waals surface area contributed by atoms with Gasteiger partial charge in [0, 0.05) is 16.7 Å². The summed E-state index contributed by atoms with van der Waals surface area (Å²) >= 11 is 3.44. The first-order chi connectivity index (χ1) is 9.22. The minimum absolute atomic E-state index is 0.0500. The Morgan fingerprint density at radius 1 is 1.16 bits per heavy atom. The average Bonchev–Trinajstić information content (AvgIpc) is 2.46. The molecular formula is C15H13BrN2O. The maximum Gasteiger partial charge on any atom is 0.0992 e. The zero-order valence-electron chi connectivity index (χ0n) is 10.2. The molecule has 0 saturated carbocycles. The quantitative estimate of drug-likeness (QED) is 0.908. The Bertz CT molecular complexity index is 620. The lowest BCUT2D eigenvalue weighted by Gasteiger charge is -2.09. The summed E-state index contributed by atoms with van der Waals surface area (Å²) in [4.78, 5) is 0. The van der Waals surface area contributed by atoms with E-state index in [0.29, 0.717) is 12.1 Å². The summed E-state index contributed by atoms with van der Waals surface area (Å²) in [6, 6.07) is 15.3. The first kappa shape index (κ1) is 13.6. The van der Waals surface area contributed by atoms with Crippen molar-refractivity contribution in [3.05, 3.63) is 63.6 Å². The van der Waals surface area contributed by atoms with E-state index in [1.807, 2.05) is 30.3 Å². The van der Waals surface area contributed by atoms with Crippen molar-refractivity contribution in [1.29, 1.82) is 5.26 Å². The number of nitriles is 1. The molecule has 0 saturated heterocycles. The molecular weight excluding hydrogens is 304 g/mol. The van der Waals surface area contributed by atoms with Gasteiger partial charge in [-0.15, -0.1) is 0 Å². The summed E-state index contributed by atoms with van der Waals surface area (Å²) < 4.78 is 0.866. The second-order valence-electron chi connectivity index (χ2n) is 4.14. The molecule has 0 bridgehead atoms. The predicted octanol–water partition coefficient (Wildman–Crippen LogP) is 3.43. The molecule has 2 aromatic rings. The highest BCUT2D eigenvalue weighted by atomic mass is 79.9. The van der Waals surface area contributed by atoms with E-state index in [4.69, 9.17) is 10.4 Å². The van der Waals surface area contributed by atoms with Crippen LogP contribution in [-0.2, 0) is 13.2 Å². The minimum atomic E-state index is 0.0500. The maximum absolute atomic E-state index is 9.09. The van der Waals surface area contributed by atoms with E-state index in [-0.39, 0.29) is 6.61 Å². The average molecular weight is 317 g/mol. The Balaban J connectivity index is 2.08. The van der Waals surface area contributed by atoms with Crippen LogP contribution in [0.4, 0.5) is 5.69 Å². The molecule has 2 N–H and O–H groups in total. The summed E-state index contributed by atoms with van der Waals surface area (Å²) in [5.74, 6) is 0. The third-order valence-corrected chi connectivity index (χ3v) is 3.41. The van der Waals surface area contributed by atoms with Gasteiger partial charge in [-0.25, -0.2) is 0 Å². The molecule has 2 rings (SSSR count).